The van der Waals surface area contributed by atoms with Gasteiger partial charge in [0.1, 0.15) is 6.04 Å². The molecule has 0 radical (unpaired) electrons. The van der Waals surface area contributed by atoms with E-state index >= 15 is 0 Å². The zero-order chi connectivity index (χ0) is 16.4. The number of nitro benzene ring substituents is 1. The SMILES string of the molecule is N#CC1c2ccccc2CCN1C(=O)c1ccc([N+](=O)[O-])cc1. The molecule has 0 N–H and O–H groups in total. The predicted octanol–water partition coefficient (Wildman–Crippen LogP) is 2.86. The van der Waals surface area contributed by atoms with E-state index in [0.29, 0.717) is 18.5 Å². The van der Waals surface area contributed by atoms with Gasteiger partial charge >= 0.3 is 0 Å². The average molecular weight is 307 g/mol. The van der Waals surface area contributed by atoms with E-state index in [1.54, 1.807) is 0 Å². The lowest BCUT2D eigenvalue weighted by molar-refractivity contribution is -0.384. The second kappa shape index (κ2) is 5.89. The number of nitrogens with zero attached hydrogens (tertiary/aromatic N) is 3. The van der Waals surface area contributed by atoms with Crippen LogP contribution in [0.3, 0.4) is 0 Å². The standard InChI is InChI=1S/C17H13N3O3/c18-11-16-15-4-2-1-3-12(15)9-10-19(16)17(21)13-5-7-14(8-6-13)20(22)23/h1-8,16H,9-10H2. The molecule has 1 amide bonds. The minimum Gasteiger partial charge on any atom is -0.318 e. The Kier molecular flexibility index (Phi) is 3.77. The number of hydrogen-bond donors (Lipinski definition) is 0. The summed E-state index contributed by atoms with van der Waals surface area (Å²) in [7, 11) is 0. The molecule has 0 bridgehead atoms. The van der Waals surface area contributed by atoms with Gasteiger partial charge in [-0.3, -0.25) is 14.9 Å². The summed E-state index contributed by atoms with van der Waals surface area (Å²) in [5, 5.41) is 20.2. The normalized spacial score (nSPS) is 16.3. The molecular weight excluding hydrogens is 294 g/mol. The number of rotatable bonds is 2. The Hall–Kier alpha value is -3.20. The van der Waals surface area contributed by atoms with Crippen molar-refractivity contribution in [2.75, 3.05) is 6.54 Å². The molecule has 1 aliphatic rings. The molecule has 1 heterocycles. The third kappa shape index (κ3) is 2.64. The van der Waals surface area contributed by atoms with Crippen LogP contribution < -0.4 is 0 Å². The molecule has 0 aromatic heterocycles. The molecule has 2 aromatic carbocycles. The van der Waals surface area contributed by atoms with Crippen LogP contribution in [0.2, 0.25) is 0 Å². The Bertz CT molecular complexity index is 809. The van der Waals surface area contributed by atoms with Crippen molar-refractivity contribution in [1.82, 2.24) is 4.90 Å². The highest BCUT2D eigenvalue weighted by atomic mass is 16.6. The summed E-state index contributed by atoms with van der Waals surface area (Å²) in [6.45, 7) is 0.449. The third-order valence-corrected chi connectivity index (χ3v) is 3.99. The maximum atomic E-state index is 12.7. The quantitative estimate of drug-likeness (QED) is 0.630. The van der Waals surface area contributed by atoms with Gasteiger partial charge in [-0.15, -0.1) is 0 Å². The van der Waals surface area contributed by atoms with Crippen LogP contribution in [0.5, 0.6) is 0 Å². The van der Waals surface area contributed by atoms with E-state index in [4.69, 9.17) is 0 Å². The summed E-state index contributed by atoms with van der Waals surface area (Å²) in [5.74, 6) is -0.291. The van der Waals surface area contributed by atoms with Crippen LogP contribution in [0.15, 0.2) is 48.5 Å². The summed E-state index contributed by atoms with van der Waals surface area (Å²) in [4.78, 5) is 24.4. The number of carbonyl (C=O) groups excluding carboxylic acids is 1. The number of fused-ring (bicyclic) bond motifs is 1. The summed E-state index contributed by atoms with van der Waals surface area (Å²) in [6.07, 6.45) is 0.688. The molecule has 0 saturated carbocycles. The van der Waals surface area contributed by atoms with Crippen molar-refractivity contribution in [3.63, 3.8) is 0 Å². The Morgan fingerprint density at radius 3 is 2.57 bits per heavy atom. The first-order valence-electron chi connectivity index (χ1n) is 7.14. The van der Waals surface area contributed by atoms with Gasteiger partial charge < -0.3 is 4.90 Å². The van der Waals surface area contributed by atoms with E-state index in [1.807, 2.05) is 24.3 Å². The molecule has 1 atom stereocenters. The highest BCUT2D eigenvalue weighted by Crippen LogP contribution is 2.30. The van der Waals surface area contributed by atoms with E-state index in [0.717, 1.165) is 11.1 Å². The van der Waals surface area contributed by atoms with Gasteiger partial charge in [0.2, 0.25) is 0 Å². The highest BCUT2D eigenvalue weighted by molar-refractivity contribution is 5.95. The van der Waals surface area contributed by atoms with Gasteiger partial charge in [0.15, 0.2) is 0 Å². The lowest BCUT2D eigenvalue weighted by Crippen LogP contribution is -2.39. The van der Waals surface area contributed by atoms with Crippen molar-refractivity contribution in [3.05, 3.63) is 75.3 Å². The molecule has 0 spiro atoms. The van der Waals surface area contributed by atoms with Crippen molar-refractivity contribution in [2.24, 2.45) is 0 Å². The second-order valence-corrected chi connectivity index (χ2v) is 5.28. The first-order valence-corrected chi connectivity index (χ1v) is 7.14. The highest BCUT2D eigenvalue weighted by Gasteiger charge is 2.31. The molecule has 1 unspecified atom stereocenters. The molecule has 6 heteroatoms. The largest absolute Gasteiger partial charge is 0.318 e. The molecule has 114 valence electrons. The lowest BCUT2D eigenvalue weighted by Gasteiger charge is -2.33. The first-order chi connectivity index (χ1) is 11.1. The molecule has 0 fully saturated rings. The molecule has 0 saturated heterocycles. The summed E-state index contributed by atoms with van der Waals surface area (Å²) in [5.41, 5.74) is 2.20. The Morgan fingerprint density at radius 2 is 1.91 bits per heavy atom. The van der Waals surface area contributed by atoms with Gasteiger partial charge in [-0.1, -0.05) is 24.3 Å². The smallest absolute Gasteiger partial charge is 0.269 e. The van der Waals surface area contributed by atoms with Crippen LogP contribution in [0.25, 0.3) is 0 Å². The minimum absolute atomic E-state index is 0.0672. The summed E-state index contributed by atoms with van der Waals surface area (Å²) in [6, 6.07) is 14.6. The second-order valence-electron chi connectivity index (χ2n) is 5.28. The van der Waals surface area contributed by atoms with E-state index < -0.39 is 11.0 Å². The number of non-ortho nitro benzene ring substituents is 1. The number of amides is 1. The molecule has 3 rings (SSSR count). The predicted molar refractivity (Wildman–Crippen MR) is 82.6 cm³/mol. The molecule has 2 aromatic rings. The topological polar surface area (TPSA) is 87.2 Å². The van der Waals surface area contributed by atoms with Crippen LogP contribution >= 0.6 is 0 Å². The van der Waals surface area contributed by atoms with Crippen LogP contribution in [-0.4, -0.2) is 22.3 Å². The fourth-order valence-corrected chi connectivity index (χ4v) is 2.82. The van der Waals surface area contributed by atoms with Crippen molar-refractivity contribution in [3.8, 4) is 6.07 Å². The summed E-state index contributed by atoms with van der Waals surface area (Å²) < 4.78 is 0. The molecule has 23 heavy (non-hydrogen) atoms. The molecule has 1 aliphatic heterocycles. The van der Waals surface area contributed by atoms with Crippen LogP contribution in [0.4, 0.5) is 5.69 Å². The van der Waals surface area contributed by atoms with Gasteiger partial charge in [-0.2, -0.15) is 5.26 Å². The van der Waals surface area contributed by atoms with Crippen molar-refractivity contribution >= 4 is 11.6 Å². The molecule has 6 nitrogen and oxygen atoms in total. The fourth-order valence-electron chi connectivity index (χ4n) is 2.82. The van der Waals surface area contributed by atoms with E-state index in [1.165, 1.54) is 29.2 Å². The van der Waals surface area contributed by atoms with Crippen molar-refractivity contribution in [2.45, 2.75) is 12.5 Å². The lowest BCUT2D eigenvalue weighted by atomic mass is 9.93. The van der Waals surface area contributed by atoms with Gasteiger partial charge in [0.25, 0.3) is 11.6 Å². The maximum Gasteiger partial charge on any atom is 0.269 e. The van der Waals surface area contributed by atoms with Gasteiger partial charge in [0.05, 0.1) is 11.0 Å². The Balaban J connectivity index is 1.91. The minimum atomic E-state index is -0.636. The number of nitriles is 1. The summed E-state index contributed by atoms with van der Waals surface area (Å²) >= 11 is 0. The zero-order valence-corrected chi connectivity index (χ0v) is 12.2. The van der Waals surface area contributed by atoms with Crippen LogP contribution in [-0.2, 0) is 6.42 Å². The maximum absolute atomic E-state index is 12.7. The van der Waals surface area contributed by atoms with E-state index in [2.05, 4.69) is 6.07 Å². The number of carbonyl (C=O) groups is 1. The molecular formula is C17H13N3O3. The number of hydrogen-bond acceptors (Lipinski definition) is 4. The van der Waals surface area contributed by atoms with E-state index in [-0.39, 0.29) is 11.6 Å². The van der Waals surface area contributed by atoms with Crippen molar-refractivity contribution < 1.29 is 9.72 Å². The number of nitro groups is 1. The average Bonchev–Trinajstić information content (AvgIpc) is 2.60. The van der Waals surface area contributed by atoms with Gasteiger partial charge in [-0.25, -0.2) is 0 Å². The van der Waals surface area contributed by atoms with E-state index in [9.17, 15) is 20.2 Å². The van der Waals surface area contributed by atoms with Crippen LogP contribution in [0.1, 0.15) is 27.5 Å². The fraction of sp³-hybridized carbons (Fsp3) is 0.176. The van der Waals surface area contributed by atoms with Gasteiger partial charge in [-0.05, 0) is 29.7 Å². The third-order valence-electron chi connectivity index (χ3n) is 3.99. The zero-order valence-electron chi connectivity index (χ0n) is 12.2. The van der Waals surface area contributed by atoms with Gasteiger partial charge in [0, 0.05) is 24.2 Å². The molecule has 0 aliphatic carbocycles. The first kappa shape index (κ1) is 14.7. The Morgan fingerprint density at radius 1 is 1.22 bits per heavy atom. The Labute approximate surface area is 132 Å². The monoisotopic (exact) mass is 307 g/mol. The van der Waals surface area contributed by atoms with Crippen LogP contribution in [0, 0.1) is 21.4 Å². The van der Waals surface area contributed by atoms with Crippen molar-refractivity contribution in [1.29, 1.82) is 5.26 Å². The number of benzene rings is 2.